The molecule has 1 atom stereocenters. The maximum absolute atomic E-state index is 11.7. The Morgan fingerprint density at radius 3 is 1.89 bits per heavy atom. The second kappa shape index (κ2) is 9.35. The Morgan fingerprint density at radius 1 is 1.00 bits per heavy atom. The van der Waals surface area contributed by atoms with Gasteiger partial charge < -0.3 is 14.2 Å². The zero-order valence-electron chi connectivity index (χ0n) is 11.9. The molecule has 0 heterocycles. The van der Waals surface area contributed by atoms with Crippen molar-refractivity contribution in [3.8, 4) is 0 Å². The Kier molecular flexibility index (Phi) is 8.57. The number of carbonyl (C=O) groups is 3. The summed E-state index contributed by atoms with van der Waals surface area (Å²) in [5, 5.41) is 0. The van der Waals surface area contributed by atoms with E-state index in [9.17, 15) is 14.4 Å². The van der Waals surface area contributed by atoms with Crippen LogP contribution in [0.4, 0.5) is 0 Å². The van der Waals surface area contributed by atoms with Crippen molar-refractivity contribution in [2.24, 2.45) is 11.8 Å². The normalized spacial score (nSPS) is 11.8. The summed E-state index contributed by atoms with van der Waals surface area (Å²) >= 11 is 0. The lowest BCUT2D eigenvalue weighted by Crippen LogP contribution is -2.35. The molecule has 0 bridgehead atoms. The molecule has 0 N–H and O–H groups in total. The third-order valence-corrected chi connectivity index (χ3v) is 2.78. The van der Waals surface area contributed by atoms with Gasteiger partial charge in [-0.3, -0.25) is 14.4 Å². The topological polar surface area (TPSA) is 78.9 Å². The number of methoxy groups -OCH3 is 2. The largest absolute Gasteiger partial charge is 0.468 e. The molecule has 0 aliphatic carbocycles. The minimum absolute atomic E-state index is 0.00343. The Bertz CT molecular complexity index is 296. The number of rotatable bonds is 8. The predicted molar refractivity (Wildman–Crippen MR) is 67.2 cm³/mol. The van der Waals surface area contributed by atoms with E-state index in [4.69, 9.17) is 4.74 Å². The maximum atomic E-state index is 11.7. The van der Waals surface area contributed by atoms with Gasteiger partial charge >= 0.3 is 17.9 Å². The van der Waals surface area contributed by atoms with Gasteiger partial charge in [0.25, 0.3) is 0 Å². The molecule has 19 heavy (non-hydrogen) atoms. The molecule has 1 unspecified atom stereocenters. The fourth-order valence-corrected chi connectivity index (χ4v) is 1.93. The van der Waals surface area contributed by atoms with Crippen molar-refractivity contribution in [2.45, 2.75) is 33.1 Å². The van der Waals surface area contributed by atoms with E-state index < -0.39 is 29.7 Å². The van der Waals surface area contributed by atoms with Gasteiger partial charge in [-0.05, 0) is 19.3 Å². The third-order valence-electron chi connectivity index (χ3n) is 2.78. The Hall–Kier alpha value is -1.59. The van der Waals surface area contributed by atoms with Gasteiger partial charge in [-0.15, -0.1) is 0 Å². The van der Waals surface area contributed by atoms with E-state index in [1.807, 2.05) is 6.92 Å². The van der Waals surface area contributed by atoms with Crippen molar-refractivity contribution < 1.29 is 28.6 Å². The number of carbonyl (C=O) groups excluding carboxylic acids is 3. The summed E-state index contributed by atoms with van der Waals surface area (Å²) in [6.45, 7) is 3.87. The van der Waals surface area contributed by atoms with Gasteiger partial charge in [-0.25, -0.2) is 0 Å². The van der Waals surface area contributed by atoms with Crippen LogP contribution in [-0.4, -0.2) is 38.7 Å². The predicted octanol–water partition coefficient (Wildman–Crippen LogP) is 1.32. The zero-order chi connectivity index (χ0) is 14.8. The van der Waals surface area contributed by atoms with Crippen molar-refractivity contribution >= 4 is 17.9 Å². The molecule has 0 aliphatic heterocycles. The van der Waals surface area contributed by atoms with Crippen molar-refractivity contribution in [1.82, 2.24) is 0 Å². The van der Waals surface area contributed by atoms with E-state index in [-0.39, 0.29) is 13.0 Å². The molecular weight excluding hydrogens is 252 g/mol. The van der Waals surface area contributed by atoms with Crippen LogP contribution in [0.3, 0.4) is 0 Å². The summed E-state index contributed by atoms with van der Waals surface area (Å²) in [7, 11) is 2.40. The quantitative estimate of drug-likeness (QED) is 0.377. The van der Waals surface area contributed by atoms with Crippen LogP contribution in [0.25, 0.3) is 0 Å². The third kappa shape index (κ3) is 5.72. The average molecular weight is 274 g/mol. The summed E-state index contributed by atoms with van der Waals surface area (Å²) in [5.74, 6) is -3.36. The highest BCUT2D eigenvalue weighted by Crippen LogP contribution is 2.25. The Labute approximate surface area is 113 Å². The molecule has 0 aliphatic rings. The molecule has 110 valence electrons. The molecule has 0 rings (SSSR count). The first kappa shape index (κ1) is 17.4. The lowest BCUT2D eigenvalue weighted by Gasteiger charge is -2.22. The summed E-state index contributed by atoms with van der Waals surface area (Å²) in [4.78, 5) is 34.9. The van der Waals surface area contributed by atoms with Gasteiger partial charge in [0.1, 0.15) is 0 Å². The molecule has 6 heteroatoms. The van der Waals surface area contributed by atoms with Gasteiger partial charge in [-0.1, -0.05) is 13.3 Å². The van der Waals surface area contributed by atoms with Crippen LogP contribution >= 0.6 is 0 Å². The van der Waals surface area contributed by atoms with Crippen molar-refractivity contribution in [3.63, 3.8) is 0 Å². The Balaban J connectivity index is 4.99. The standard InChI is InChI=1S/C13H22O6/c1-5-7-9(8-10(14)19-6-2)11(12(15)17-3)13(16)18-4/h9,11H,5-8H2,1-4H3. The molecule has 0 aromatic carbocycles. The molecule has 6 nitrogen and oxygen atoms in total. The van der Waals surface area contributed by atoms with Crippen LogP contribution in [0.5, 0.6) is 0 Å². The fourth-order valence-electron chi connectivity index (χ4n) is 1.93. The first-order valence-corrected chi connectivity index (χ1v) is 6.32. The number of ether oxygens (including phenoxy) is 3. The SMILES string of the molecule is CCCC(CC(=O)OCC)C(C(=O)OC)C(=O)OC. The average Bonchev–Trinajstić information content (AvgIpc) is 2.38. The monoisotopic (exact) mass is 274 g/mol. The second-order valence-electron chi connectivity index (χ2n) is 4.08. The summed E-state index contributed by atoms with van der Waals surface area (Å²) in [6.07, 6.45) is 1.26. The molecule has 0 saturated heterocycles. The molecule has 0 radical (unpaired) electrons. The fraction of sp³-hybridized carbons (Fsp3) is 0.769. The van der Waals surface area contributed by atoms with Gasteiger partial charge in [0.15, 0.2) is 5.92 Å². The van der Waals surface area contributed by atoms with Gasteiger partial charge in [0.05, 0.1) is 20.8 Å². The van der Waals surface area contributed by atoms with Crippen molar-refractivity contribution in [2.75, 3.05) is 20.8 Å². The molecular formula is C13H22O6. The lowest BCUT2D eigenvalue weighted by molar-refractivity contribution is -0.162. The summed E-state index contributed by atoms with van der Waals surface area (Å²) in [6, 6.07) is 0. The minimum Gasteiger partial charge on any atom is -0.468 e. The van der Waals surface area contributed by atoms with Crippen LogP contribution in [-0.2, 0) is 28.6 Å². The molecule has 0 saturated carbocycles. The molecule has 0 fully saturated rings. The smallest absolute Gasteiger partial charge is 0.320 e. The lowest BCUT2D eigenvalue weighted by atomic mass is 9.85. The van der Waals surface area contributed by atoms with E-state index in [2.05, 4.69) is 9.47 Å². The molecule has 0 aromatic rings. The van der Waals surface area contributed by atoms with E-state index >= 15 is 0 Å². The highest BCUT2D eigenvalue weighted by atomic mass is 16.5. The zero-order valence-corrected chi connectivity index (χ0v) is 11.9. The van der Waals surface area contributed by atoms with Crippen LogP contribution < -0.4 is 0 Å². The van der Waals surface area contributed by atoms with Crippen molar-refractivity contribution in [1.29, 1.82) is 0 Å². The van der Waals surface area contributed by atoms with E-state index in [0.29, 0.717) is 6.42 Å². The highest BCUT2D eigenvalue weighted by molar-refractivity contribution is 5.95. The molecule has 0 aromatic heterocycles. The van der Waals surface area contributed by atoms with E-state index in [1.165, 1.54) is 14.2 Å². The van der Waals surface area contributed by atoms with Gasteiger partial charge in [0.2, 0.25) is 0 Å². The van der Waals surface area contributed by atoms with Crippen LogP contribution in [0.1, 0.15) is 33.1 Å². The number of esters is 3. The second-order valence-corrected chi connectivity index (χ2v) is 4.08. The van der Waals surface area contributed by atoms with Crippen LogP contribution in [0.15, 0.2) is 0 Å². The summed E-state index contributed by atoms with van der Waals surface area (Å²) < 4.78 is 14.1. The molecule has 0 amide bonds. The summed E-state index contributed by atoms with van der Waals surface area (Å²) in [5.41, 5.74) is 0. The van der Waals surface area contributed by atoms with E-state index in [1.54, 1.807) is 6.92 Å². The maximum Gasteiger partial charge on any atom is 0.320 e. The van der Waals surface area contributed by atoms with Crippen molar-refractivity contribution in [3.05, 3.63) is 0 Å². The van der Waals surface area contributed by atoms with Gasteiger partial charge in [-0.2, -0.15) is 0 Å². The van der Waals surface area contributed by atoms with Gasteiger partial charge in [0, 0.05) is 6.42 Å². The molecule has 0 spiro atoms. The first-order chi connectivity index (χ1) is 9.01. The Morgan fingerprint density at radius 2 is 1.53 bits per heavy atom. The number of hydrogen-bond donors (Lipinski definition) is 0. The minimum atomic E-state index is -1.08. The van der Waals surface area contributed by atoms with Crippen LogP contribution in [0.2, 0.25) is 0 Å². The number of hydrogen-bond acceptors (Lipinski definition) is 6. The van der Waals surface area contributed by atoms with E-state index in [0.717, 1.165) is 6.42 Å². The first-order valence-electron chi connectivity index (χ1n) is 6.32. The highest BCUT2D eigenvalue weighted by Gasteiger charge is 2.37. The van der Waals surface area contributed by atoms with Crippen LogP contribution in [0, 0.1) is 11.8 Å².